The Kier molecular flexibility index (Phi) is 3.20. The number of sulfonamides is 1. The lowest BCUT2D eigenvalue weighted by Gasteiger charge is -2.12. The minimum atomic E-state index is -3.77. The molecule has 1 saturated carbocycles. The van der Waals surface area contributed by atoms with Crippen molar-refractivity contribution in [3.8, 4) is 0 Å². The molecule has 1 amide bonds. The number of rotatable bonds is 4. The number of carbonyl (C=O) groups is 1. The van der Waals surface area contributed by atoms with Gasteiger partial charge in [0, 0.05) is 19.3 Å². The Morgan fingerprint density at radius 1 is 1.56 bits per heavy atom. The zero-order chi connectivity index (χ0) is 13.5. The summed E-state index contributed by atoms with van der Waals surface area (Å²) in [6, 6.07) is 1.41. The summed E-state index contributed by atoms with van der Waals surface area (Å²) >= 11 is 0. The molecule has 0 radical (unpaired) electrons. The van der Waals surface area contributed by atoms with Crippen molar-refractivity contribution < 1.29 is 13.2 Å². The van der Waals surface area contributed by atoms with E-state index in [-0.39, 0.29) is 16.8 Å². The number of amides is 1. The van der Waals surface area contributed by atoms with Crippen LogP contribution in [0.2, 0.25) is 0 Å². The third kappa shape index (κ3) is 2.73. The van der Waals surface area contributed by atoms with Crippen LogP contribution in [0.25, 0.3) is 0 Å². The van der Waals surface area contributed by atoms with E-state index in [0.29, 0.717) is 11.6 Å². The van der Waals surface area contributed by atoms with Crippen molar-refractivity contribution >= 4 is 15.9 Å². The first-order valence-electron chi connectivity index (χ1n) is 5.79. The van der Waals surface area contributed by atoms with E-state index in [2.05, 4.69) is 5.32 Å². The minimum Gasteiger partial charge on any atom is -0.348 e. The van der Waals surface area contributed by atoms with E-state index < -0.39 is 10.0 Å². The predicted octanol–water partition coefficient (Wildman–Crippen LogP) is 0.201. The van der Waals surface area contributed by atoms with E-state index in [4.69, 9.17) is 5.14 Å². The first-order chi connectivity index (χ1) is 8.29. The highest BCUT2D eigenvalue weighted by Crippen LogP contribution is 2.32. The van der Waals surface area contributed by atoms with Gasteiger partial charge in [0.2, 0.25) is 10.0 Å². The highest BCUT2D eigenvalue weighted by atomic mass is 32.2. The molecule has 2 rings (SSSR count). The number of primary sulfonamides is 1. The maximum Gasteiger partial charge on any atom is 0.268 e. The Labute approximate surface area is 106 Å². The lowest BCUT2D eigenvalue weighted by molar-refractivity contribution is 0.0927. The lowest BCUT2D eigenvalue weighted by Crippen LogP contribution is -2.34. The normalized spacial score (nSPS) is 17.5. The molecule has 3 N–H and O–H groups in total. The van der Waals surface area contributed by atoms with Gasteiger partial charge in [-0.15, -0.1) is 0 Å². The SMILES string of the molecule is CC(NC(=O)c1cc(S(N)(=O)=O)cn1C)C1CC1. The molecule has 1 heterocycles. The molecule has 0 bridgehead atoms. The second-order valence-corrected chi connectivity index (χ2v) is 6.38. The molecule has 7 heteroatoms. The highest BCUT2D eigenvalue weighted by Gasteiger charge is 2.29. The third-order valence-electron chi connectivity index (χ3n) is 3.23. The molecule has 0 aromatic carbocycles. The average molecular weight is 271 g/mol. The lowest BCUT2D eigenvalue weighted by atomic mass is 10.2. The van der Waals surface area contributed by atoms with Crippen molar-refractivity contribution in [2.75, 3.05) is 0 Å². The number of nitrogens with one attached hydrogen (secondary N) is 1. The summed E-state index contributed by atoms with van der Waals surface area (Å²) in [5.74, 6) is 0.277. The summed E-state index contributed by atoms with van der Waals surface area (Å²) in [4.78, 5) is 11.9. The van der Waals surface area contributed by atoms with Crippen molar-refractivity contribution in [1.29, 1.82) is 0 Å². The van der Waals surface area contributed by atoms with E-state index >= 15 is 0 Å². The number of carbonyl (C=O) groups excluding carboxylic acids is 1. The van der Waals surface area contributed by atoms with Gasteiger partial charge in [-0.1, -0.05) is 0 Å². The largest absolute Gasteiger partial charge is 0.348 e. The van der Waals surface area contributed by atoms with Crippen molar-refractivity contribution in [1.82, 2.24) is 9.88 Å². The molecule has 0 saturated heterocycles. The Morgan fingerprint density at radius 2 is 2.17 bits per heavy atom. The van der Waals surface area contributed by atoms with Crippen LogP contribution in [-0.4, -0.2) is 24.9 Å². The number of hydrogen-bond donors (Lipinski definition) is 2. The van der Waals surface area contributed by atoms with Crippen LogP contribution in [0.4, 0.5) is 0 Å². The summed E-state index contributed by atoms with van der Waals surface area (Å²) in [6.45, 7) is 1.96. The van der Waals surface area contributed by atoms with Gasteiger partial charge in [-0.25, -0.2) is 13.6 Å². The standard InChI is InChI=1S/C11H17N3O3S/c1-7(8-3-4-8)13-11(15)10-5-9(6-14(10)2)18(12,16)17/h5-8H,3-4H2,1-2H3,(H,13,15)(H2,12,16,17). The summed E-state index contributed by atoms with van der Waals surface area (Å²) < 4.78 is 23.9. The summed E-state index contributed by atoms with van der Waals surface area (Å²) in [7, 11) is -2.15. The average Bonchev–Trinajstić information content (AvgIpc) is 3.00. The molecule has 1 aromatic rings. The monoisotopic (exact) mass is 271 g/mol. The van der Waals surface area contributed by atoms with Crippen LogP contribution in [0.15, 0.2) is 17.2 Å². The fourth-order valence-corrected chi connectivity index (χ4v) is 2.49. The van der Waals surface area contributed by atoms with Gasteiger partial charge in [0.05, 0.1) is 0 Å². The molecule has 100 valence electrons. The smallest absolute Gasteiger partial charge is 0.268 e. The van der Waals surface area contributed by atoms with Gasteiger partial charge >= 0.3 is 0 Å². The van der Waals surface area contributed by atoms with Crippen LogP contribution in [0, 0.1) is 5.92 Å². The van der Waals surface area contributed by atoms with Crippen LogP contribution in [0.3, 0.4) is 0 Å². The molecule has 1 aromatic heterocycles. The van der Waals surface area contributed by atoms with Gasteiger partial charge in [0.15, 0.2) is 0 Å². The van der Waals surface area contributed by atoms with E-state index in [1.807, 2.05) is 6.92 Å². The van der Waals surface area contributed by atoms with Crippen molar-refractivity contribution in [2.24, 2.45) is 18.1 Å². The van der Waals surface area contributed by atoms with Gasteiger partial charge in [-0.2, -0.15) is 0 Å². The molecule has 0 aliphatic heterocycles. The maximum absolute atomic E-state index is 12.0. The quantitative estimate of drug-likeness (QED) is 0.819. The maximum atomic E-state index is 12.0. The van der Waals surface area contributed by atoms with Crippen LogP contribution in [0.5, 0.6) is 0 Å². The summed E-state index contributed by atoms with van der Waals surface area (Å²) in [6.07, 6.45) is 3.61. The van der Waals surface area contributed by atoms with Gasteiger partial charge in [0.1, 0.15) is 10.6 Å². The molecule has 1 aliphatic rings. The van der Waals surface area contributed by atoms with Gasteiger partial charge in [-0.3, -0.25) is 4.79 Å². The van der Waals surface area contributed by atoms with E-state index in [0.717, 1.165) is 12.8 Å². The number of nitrogens with two attached hydrogens (primary N) is 1. The topological polar surface area (TPSA) is 94.2 Å². The van der Waals surface area contributed by atoms with E-state index in [1.165, 1.54) is 16.8 Å². The molecular weight excluding hydrogens is 254 g/mol. The summed E-state index contributed by atoms with van der Waals surface area (Å²) in [5, 5.41) is 7.89. The second kappa shape index (κ2) is 4.40. The highest BCUT2D eigenvalue weighted by molar-refractivity contribution is 7.89. The molecule has 1 fully saturated rings. The van der Waals surface area contributed by atoms with Gasteiger partial charge < -0.3 is 9.88 Å². The van der Waals surface area contributed by atoms with Gasteiger partial charge in [-0.05, 0) is 31.7 Å². The van der Waals surface area contributed by atoms with Crippen molar-refractivity contribution in [2.45, 2.75) is 30.7 Å². The van der Waals surface area contributed by atoms with Crippen LogP contribution in [0.1, 0.15) is 30.3 Å². The Hall–Kier alpha value is -1.34. The molecule has 18 heavy (non-hydrogen) atoms. The first kappa shape index (κ1) is 13.1. The first-order valence-corrected chi connectivity index (χ1v) is 7.33. The second-order valence-electron chi connectivity index (χ2n) is 4.82. The molecule has 6 nitrogen and oxygen atoms in total. The Bertz CT molecular complexity index is 572. The summed E-state index contributed by atoms with van der Waals surface area (Å²) in [5.41, 5.74) is 0.298. The molecule has 1 aliphatic carbocycles. The third-order valence-corrected chi connectivity index (χ3v) is 4.11. The fourth-order valence-electron chi connectivity index (χ4n) is 1.91. The molecule has 1 atom stereocenters. The number of aryl methyl sites for hydroxylation is 1. The number of hydrogen-bond acceptors (Lipinski definition) is 3. The molecule has 1 unspecified atom stereocenters. The van der Waals surface area contributed by atoms with Crippen molar-refractivity contribution in [3.63, 3.8) is 0 Å². The van der Waals surface area contributed by atoms with Crippen LogP contribution in [-0.2, 0) is 17.1 Å². The zero-order valence-electron chi connectivity index (χ0n) is 10.4. The van der Waals surface area contributed by atoms with Gasteiger partial charge in [0.25, 0.3) is 5.91 Å². The van der Waals surface area contributed by atoms with E-state index in [9.17, 15) is 13.2 Å². The Morgan fingerprint density at radius 3 is 2.61 bits per heavy atom. The Balaban J connectivity index is 2.17. The fraction of sp³-hybridized carbons (Fsp3) is 0.545. The minimum absolute atomic E-state index is 0.0470. The molecule has 0 spiro atoms. The van der Waals surface area contributed by atoms with Crippen LogP contribution < -0.4 is 10.5 Å². The van der Waals surface area contributed by atoms with E-state index in [1.54, 1.807) is 7.05 Å². The zero-order valence-corrected chi connectivity index (χ0v) is 11.2. The number of nitrogens with zero attached hydrogens (tertiary/aromatic N) is 1. The van der Waals surface area contributed by atoms with Crippen LogP contribution >= 0.6 is 0 Å². The van der Waals surface area contributed by atoms with Crippen molar-refractivity contribution in [3.05, 3.63) is 18.0 Å². The molecular formula is C11H17N3O3S. The number of aromatic nitrogens is 1. The predicted molar refractivity (Wildman–Crippen MR) is 66.4 cm³/mol.